The van der Waals surface area contributed by atoms with E-state index in [4.69, 9.17) is 0 Å². The Morgan fingerprint density at radius 2 is 2.10 bits per heavy atom. The number of fused-ring (bicyclic) bond motifs is 1. The van der Waals surface area contributed by atoms with Gasteiger partial charge in [-0.2, -0.15) is 4.98 Å². The summed E-state index contributed by atoms with van der Waals surface area (Å²) in [7, 11) is 0. The average Bonchev–Trinajstić information content (AvgIpc) is 3.47. The zero-order valence-electron chi connectivity index (χ0n) is 16.4. The summed E-state index contributed by atoms with van der Waals surface area (Å²) in [5, 5.41) is 16.1. The zero-order valence-corrected chi connectivity index (χ0v) is 16.4. The Labute approximate surface area is 172 Å². The van der Waals surface area contributed by atoms with Crippen LogP contribution in [0.25, 0.3) is 0 Å². The molecule has 5 rings (SSSR count). The number of anilines is 1. The van der Waals surface area contributed by atoms with E-state index in [2.05, 4.69) is 31.1 Å². The lowest BCUT2D eigenvalue weighted by Crippen LogP contribution is -2.52. The Balaban J connectivity index is 1.25. The number of H-pyrrole nitrogens is 1. The third kappa shape index (κ3) is 3.43. The topological polar surface area (TPSA) is 132 Å². The molecule has 3 aliphatic rings. The van der Waals surface area contributed by atoms with Gasteiger partial charge in [-0.05, 0) is 36.6 Å². The predicted molar refractivity (Wildman–Crippen MR) is 106 cm³/mol. The van der Waals surface area contributed by atoms with Crippen molar-refractivity contribution in [3.05, 3.63) is 40.7 Å². The normalized spacial score (nSPS) is 23.6. The molecule has 2 unspecified atom stereocenters. The van der Waals surface area contributed by atoms with E-state index >= 15 is 0 Å². The van der Waals surface area contributed by atoms with Crippen molar-refractivity contribution >= 4 is 23.7 Å². The molecule has 0 bridgehead atoms. The minimum atomic E-state index is -0.596. The number of aromatic amines is 1. The monoisotopic (exact) mass is 409 g/mol. The molecule has 2 saturated heterocycles. The maximum Gasteiger partial charge on any atom is 0.255 e. The number of hydrogen-bond acceptors (Lipinski definition) is 7. The molecule has 4 heterocycles. The van der Waals surface area contributed by atoms with Crippen LogP contribution in [0.2, 0.25) is 0 Å². The molecule has 2 fully saturated rings. The minimum Gasteiger partial charge on any atom is -0.349 e. The first-order valence-electron chi connectivity index (χ1n) is 10.2. The van der Waals surface area contributed by atoms with Gasteiger partial charge in [-0.15, -0.1) is 5.10 Å². The molecular formula is C20H23N7O3. The fourth-order valence-electron chi connectivity index (χ4n) is 4.32. The number of nitrogens with one attached hydrogen (secondary N) is 4. The summed E-state index contributed by atoms with van der Waals surface area (Å²) in [6, 6.07) is 5.14. The lowest BCUT2D eigenvalue weighted by molar-refractivity contribution is -0.136. The Morgan fingerprint density at radius 3 is 2.90 bits per heavy atom. The van der Waals surface area contributed by atoms with Gasteiger partial charge in [-0.1, -0.05) is 12.1 Å². The molecule has 0 spiro atoms. The second kappa shape index (κ2) is 7.52. The Kier molecular flexibility index (Phi) is 4.70. The molecule has 10 nitrogen and oxygen atoms in total. The summed E-state index contributed by atoms with van der Waals surface area (Å²) in [6.07, 6.45) is 1.66. The zero-order chi connectivity index (χ0) is 20.7. The van der Waals surface area contributed by atoms with Crippen LogP contribution in [0.3, 0.4) is 0 Å². The molecule has 2 atom stereocenters. The van der Waals surface area contributed by atoms with E-state index in [0.29, 0.717) is 36.9 Å². The van der Waals surface area contributed by atoms with Crippen LogP contribution >= 0.6 is 0 Å². The highest BCUT2D eigenvalue weighted by molar-refractivity contribution is 6.05. The van der Waals surface area contributed by atoms with Gasteiger partial charge in [0.1, 0.15) is 11.9 Å². The van der Waals surface area contributed by atoms with Crippen LogP contribution < -0.4 is 16.0 Å². The average molecular weight is 409 g/mol. The molecule has 10 heteroatoms. The van der Waals surface area contributed by atoms with Crippen LogP contribution in [0, 0.1) is 0 Å². The largest absolute Gasteiger partial charge is 0.349 e. The van der Waals surface area contributed by atoms with E-state index in [1.165, 1.54) is 0 Å². The molecule has 4 N–H and O–H groups in total. The van der Waals surface area contributed by atoms with Gasteiger partial charge in [-0.3, -0.25) is 24.8 Å². The molecule has 3 amide bonds. The summed E-state index contributed by atoms with van der Waals surface area (Å²) in [5.74, 6) is 0.930. The van der Waals surface area contributed by atoms with Gasteiger partial charge in [0.25, 0.3) is 5.91 Å². The van der Waals surface area contributed by atoms with Gasteiger partial charge in [0.15, 0.2) is 0 Å². The summed E-state index contributed by atoms with van der Waals surface area (Å²) in [4.78, 5) is 42.5. The van der Waals surface area contributed by atoms with E-state index in [1.807, 2.05) is 18.2 Å². The van der Waals surface area contributed by atoms with Crippen LogP contribution in [0.5, 0.6) is 0 Å². The van der Waals surface area contributed by atoms with Gasteiger partial charge >= 0.3 is 0 Å². The van der Waals surface area contributed by atoms with E-state index in [0.717, 1.165) is 36.5 Å². The lowest BCUT2D eigenvalue weighted by Gasteiger charge is -2.29. The molecule has 156 valence electrons. The summed E-state index contributed by atoms with van der Waals surface area (Å²) in [5.41, 5.74) is 2.43. The molecule has 0 saturated carbocycles. The number of carbonyl (C=O) groups is 3. The highest BCUT2D eigenvalue weighted by Crippen LogP contribution is 2.28. The van der Waals surface area contributed by atoms with Crippen molar-refractivity contribution in [3.63, 3.8) is 0 Å². The van der Waals surface area contributed by atoms with Crippen molar-refractivity contribution in [1.82, 2.24) is 30.7 Å². The van der Waals surface area contributed by atoms with E-state index in [1.54, 1.807) is 4.90 Å². The van der Waals surface area contributed by atoms with Crippen LogP contribution in [0.4, 0.5) is 5.95 Å². The second-order valence-electron chi connectivity index (χ2n) is 7.98. The maximum absolute atomic E-state index is 12.9. The SMILES string of the molecule is O=C1CCC(N2Cc3ccc(CNc4n[nH]c(C5CCNC5)n4)cc3C2=O)C(=O)N1. The van der Waals surface area contributed by atoms with Crippen LogP contribution in [0.1, 0.15) is 52.5 Å². The number of piperidine rings is 1. The van der Waals surface area contributed by atoms with Crippen molar-refractivity contribution in [3.8, 4) is 0 Å². The van der Waals surface area contributed by atoms with Crippen molar-refractivity contribution in [2.45, 2.75) is 44.3 Å². The molecule has 0 aliphatic carbocycles. The van der Waals surface area contributed by atoms with Crippen molar-refractivity contribution in [2.75, 3.05) is 18.4 Å². The number of imide groups is 1. The first kappa shape index (κ1) is 18.7. The molecule has 30 heavy (non-hydrogen) atoms. The van der Waals surface area contributed by atoms with Gasteiger partial charge in [0, 0.05) is 37.5 Å². The number of carbonyl (C=O) groups excluding carboxylic acids is 3. The Morgan fingerprint density at radius 1 is 1.20 bits per heavy atom. The van der Waals surface area contributed by atoms with Crippen molar-refractivity contribution < 1.29 is 14.4 Å². The molecule has 2 aromatic rings. The Hall–Kier alpha value is -3.27. The van der Waals surface area contributed by atoms with E-state index < -0.39 is 11.9 Å². The fraction of sp³-hybridized carbons (Fsp3) is 0.450. The first-order chi connectivity index (χ1) is 14.6. The molecular weight excluding hydrogens is 386 g/mol. The van der Waals surface area contributed by atoms with E-state index in [-0.39, 0.29) is 18.2 Å². The number of nitrogens with zero attached hydrogens (tertiary/aromatic N) is 3. The van der Waals surface area contributed by atoms with Gasteiger partial charge in [0.05, 0.1) is 0 Å². The van der Waals surface area contributed by atoms with Crippen molar-refractivity contribution in [1.29, 1.82) is 0 Å². The third-order valence-electron chi connectivity index (χ3n) is 5.99. The number of rotatable bonds is 5. The number of benzene rings is 1. The minimum absolute atomic E-state index is 0.171. The number of amides is 3. The summed E-state index contributed by atoms with van der Waals surface area (Å²) < 4.78 is 0. The Bertz CT molecular complexity index is 1010. The van der Waals surface area contributed by atoms with Gasteiger partial charge in [-0.25, -0.2) is 0 Å². The maximum atomic E-state index is 12.9. The first-order valence-corrected chi connectivity index (χ1v) is 10.2. The second-order valence-corrected chi connectivity index (χ2v) is 7.98. The molecule has 1 aromatic carbocycles. The summed E-state index contributed by atoms with van der Waals surface area (Å²) >= 11 is 0. The van der Waals surface area contributed by atoms with Gasteiger partial charge < -0.3 is 15.5 Å². The summed E-state index contributed by atoms with van der Waals surface area (Å²) in [6.45, 7) is 2.77. The van der Waals surface area contributed by atoms with Crippen LogP contribution in [-0.4, -0.2) is 56.9 Å². The highest BCUT2D eigenvalue weighted by Gasteiger charge is 2.39. The number of aromatic nitrogens is 3. The molecule has 3 aliphatic heterocycles. The number of hydrogen-bond donors (Lipinski definition) is 4. The van der Waals surface area contributed by atoms with Crippen LogP contribution in [-0.2, 0) is 22.7 Å². The third-order valence-corrected chi connectivity index (χ3v) is 5.99. The fourth-order valence-corrected chi connectivity index (χ4v) is 4.32. The quantitative estimate of drug-likeness (QED) is 0.521. The van der Waals surface area contributed by atoms with Gasteiger partial charge in [0.2, 0.25) is 17.8 Å². The molecule has 0 radical (unpaired) electrons. The highest BCUT2D eigenvalue weighted by atomic mass is 16.2. The van der Waals surface area contributed by atoms with E-state index in [9.17, 15) is 14.4 Å². The lowest BCUT2D eigenvalue weighted by atomic mass is 10.0. The smallest absolute Gasteiger partial charge is 0.255 e. The van der Waals surface area contributed by atoms with Crippen molar-refractivity contribution in [2.24, 2.45) is 0 Å². The molecule has 1 aromatic heterocycles. The predicted octanol–water partition coefficient (Wildman–Crippen LogP) is 0.255. The van der Waals surface area contributed by atoms with Crippen LogP contribution in [0.15, 0.2) is 18.2 Å². The standard InChI is InChI=1S/C20H23N7O3/c28-16-4-3-15(18(29)23-16)27-10-13-2-1-11(7-14(13)19(27)30)8-22-20-24-17(25-26-20)12-5-6-21-9-12/h1-2,7,12,15,21H,3-6,8-10H2,(H,23,28,29)(H2,22,24,25,26).